The van der Waals surface area contributed by atoms with E-state index in [1.54, 1.807) is 6.92 Å². The third-order valence-corrected chi connectivity index (χ3v) is 5.20. The summed E-state index contributed by atoms with van der Waals surface area (Å²) in [5.74, 6) is 0.521. The van der Waals surface area contributed by atoms with Gasteiger partial charge in [-0.05, 0) is 37.0 Å². The van der Waals surface area contributed by atoms with Crippen molar-refractivity contribution in [1.82, 2.24) is 4.98 Å². The summed E-state index contributed by atoms with van der Waals surface area (Å²) in [6, 6.07) is 20.9. The summed E-state index contributed by atoms with van der Waals surface area (Å²) in [7, 11) is 0. The maximum absolute atomic E-state index is 12.0. The standard InChI is InChI=1S/C25H29NO/c1-3-4-5-7-14-21(17-19(2)27)23-18-25(20-12-8-6-9-13-20)26-24-16-11-10-15-22(23)24/h6,8-13,15-16,18,21H,3-5,7,14,17H2,1-2H3. The topological polar surface area (TPSA) is 30.0 Å². The molecule has 2 nitrogen and oxygen atoms in total. The first-order valence-electron chi connectivity index (χ1n) is 10.1. The molecule has 0 radical (unpaired) electrons. The molecule has 140 valence electrons. The summed E-state index contributed by atoms with van der Waals surface area (Å²) in [5.41, 5.74) is 4.39. The zero-order chi connectivity index (χ0) is 19.1. The van der Waals surface area contributed by atoms with Gasteiger partial charge >= 0.3 is 0 Å². The van der Waals surface area contributed by atoms with Crippen LogP contribution in [0, 0.1) is 0 Å². The molecule has 0 saturated heterocycles. The quantitative estimate of drug-likeness (QED) is 0.387. The van der Waals surface area contributed by atoms with Crippen LogP contribution >= 0.6 is 0 Å². The first kappa shape index (κ1) is 19.3. The molecule has 2 heteroatoms. The van der Waals surface area contributed by atoms with Gasteiger partial charge in [-0.15, -0.1) is 0 Å². The van der Waals surface area contributed by atoms with Crippen LogP contribution in [0.1, 0.15) is 63.9 Å². The predicted molar refractivity (Wildman–Crippen MR) is 114 cm³/mol. The van der Waals surface area contributed by atoms with Crippen LogP contribution in [0.15, 0.2) is 60.7 Å². The molecule has 0 aliphatic heterocycles. The Morgan fingerprint density at radius 1 is 0.963 bits per heavy atom. The largest absolute Gasteiger partial charge is 0.300 e. The van der Waals surface area contributed by atoms with Crippen LogP contribution in [0.2, 0.25) is 0 Å². The highest BCUT2D eigenvalue weighted by Gasteiger charge is 2.18. The van der Waals surface area contributed by atoms with Crippen LogP contribution in [-0.4, -0.2) is 10.8 Å². The van der Waals surface area contributed by atoms with Crippen LogP contribution in [-0.2, 0) is 4.79 Å². The SMILES string of the molecule is CCCCCCC(CC(C)=O)c1cc(-c2ccccc2)nc2ccccc12. The van der Waals surface area contributed by atoms with E-state index in [4.69, 9.17) is 4.98 Å². The second-order valence-electron chi connectivity index (χ2n) is 7.43. The van der Waals surface area contributed by atoms with Crippen LogP contribution in [0.4, 0.5) is 0 Å². The van der Waals surface area contributed by atoms with Gasteiger partial charge in [-0.1, -0.05) is 81.1 Å². The van der Waals surface area contributed by atoms with Crippen molar-refractivity contribution >= 4 is 16.7 Å². The molecular weight excluding hydrogens is 330 g/mol. The molecule has 0 saturated carbocycles. The van der Waals surface area contributed by atoms with E-state index in [1.807, 2.05) is 24.3 Å². The molecule has 0 fully saturated rings. The van der Waals surface area contributed by atoms with Crippen LogP contribution < -0.4 is 0 Å². The van der Waals surface area contributed by atoms with E-state index < -0.39 is 0 Å². The Hall–Kier alpha value is -2.48. The number of pyridine rings is 1. The van der Waals surface area contributed by atoms with E-state index in [1.165, 1.54) is 36.6 Å². The zero-order valence-electron chi connectivity index (χ0n) is 16.4. The van der Waals surface area contributed by atoms with Gasteiger partial charge in [-0.2, -0.15) is 0 Å². The number of hydrogen-bond donors (Lipinski definition) is 0. The molecule has 0 bridgehead atoms. The molecule has 1 unspecified atom stereocenters. The van der Waals surface area contributed by atoms with E-state index >= 15 is 0 Å². The Kier molecular flexibility index (Phi) is 6.75. The minimum atomic E-state index is 0.259. The number of aromatic nitrogens is 1. The number of Topliss-reactive ketones (excluding diaryl/α,β-unsaturated/α-hetero) is 1. The van der Waals surface area contributed by atoms with Crippen molar-refractivity contribution in [2.45, 2.75) is 58.3 Å². The normalized spacial score (nSPS) is 12.2. The lowest BCUT2D eigenvalue weighted by Crippen LogP contribution is -2.06. The fraction of sp³-hybridized carbons (Fsp3) is 0.360. The Balaban J connectivity index is 2.03. The van der Waals surface area contributed by atoms with Gasteiger partial charge in [0.1, 0.15) is 5.78 Å². The van der Waals surface area contributed by atoms with E-state index in [2.05, 4.69) is 43.3 Å². The number of benzene rings is 2. The van der Waals surface area contributed by atoms with Gasteiger partial charge in [0.05, 0.1) is 11.2 Å². The summed E-state index contributed by atoms with van der Waals surface area (Å²) in [6.45, 7) is 3.94. The van der Waals surface area contributed by atoms with Gasteiger partial charge in [-0.25, -0.2) is 4.98 Å². The number of hydrogen-bond acceptors (Lipinski definition) is 2. The fourth-order valence-corrected chi connectivity index (χ4v) is 3.83. The van der Waals surface area contributed by atoms with E-state index in [0.717, 1.165) is 23.2 Å². The van der Waals surface area contributed by atoms with Gasteiger partial charge in [0.2, 0.25) is 0 Å². The van der Waals surface area contributed by atoms with Gasteiger partial charge in [0.25, 0.3) is 0 Å². The van der Waals surface area contributed by atoms with Crippen molar-refractivity contribution in [3.63, 3.8) is 0 Å². The van der Waals surface area contributed by atoms with Crippen LogP contribution in [0.25, 0.3) is 22.2 Å². The van der Waals surface area contributed by atoms with Crippen molar-refractivity contribution in [2.24, 2.45) is 0 Å². The van der Waals surface area contributed by atoms with E-state index in [0.29, 0.717) is 6.42 Å². The number of carbonyl (C=O) groups excluding carboxylic acids is 1. The lowest BCUT2D eigenvalue weighted by Gasteiger charge is -2.19. The molecule has 0 aliphatic carbocycles. The lowest BCUT2D eigenvalue weighted by molar-refractivity contribution is -0.117. The zero-order valence-corrected chi connectivity index (χ0v) is 16.4. The number of para-hydroxylation sites is 1. The lowest BCUT2D eigenvalue weighted by atomic mass is 9.86. The molecule has 3 aromatic rings. The number of rotatable bonds is 9. The molecular formula is C25H29NO. The highest BCUT2D eigenvalue weighted by atomic mass is 16.1. The highest BCUT2D eigenvalue weighted by Crippen LogP contribution is 2.34. The molecule has 1 heterocycles. The van der Waals surface area contributed by atoms with Gasteiger partial charge in [0, 0.05) is 17.4 Å². The summed E-state index contributed by atoms with van der Waals surface area (Å²) >= 11 is 0. The Labute approximate surface area is 162 Å². The van der Waals surface area contributed by atoms with E-state index in [9.17, 15) is 4.79 Å². The average Bonchev–Trinajstić information content (AvgIpc) is 2.70. The Morgan fingerprint density at radius 2 is 1.70 bits per heavy atom. The van der Waals surface area contributed by atoms with Crippen molar-refractivity contribution in [2.75, 3.05) is 0 Å². The summed E-state index contributed by atoms with van der Waals surface area (Å²) in [6.07, 6.45) is 6.56. The minimum Gasteiger partial charge on any atom is -0.300 e. The molecule has 3 rings (SSSR count). The summed E-state index contributed by atoms with van der Waals surface area (Å²) < 4.78 is 0. The van der Waals surface area contributed by atoms with Crippen molar-refractivity contribution in [1.29, 1.82) is 0 Å². The van der Waals surface area contributed by atoms with Gasteiger partial charge in [-0.3, -0.25) is 0 Å². The maximum Gasteiger partial charge on any atom is 0.130 e. The van der Waals surface area contributed by atoms with Crippen LogP contribution in [0.3, 0.4) is 0 Å². The number of fused-ring (bicyclic) bond motifs is 1. The molecule has 0 spiro atoms. The number of ketones is 1. The first-order valence-corrected chi connectivity index (χ1v) is 10.1. The molecule has 0 aliphatic rings. The van der Waals surface area contributed by atoms with Crippen molar-refractivity contribution in [3.8, 4) is 11.3 Å². The van der Waals surface area contributed by atoms with E-state index in [-0.39, 0.29) is 11.7 Å². The summed E-state index contributed by atoms with van der Waals surface area (Å²) in [5, 5.41) is 1.18. The number of carbonyl (C=O) groups is 1. The average molecular weight is 360 g/mol. The minimum absolute atomic E-state index is 0.259. The van der Waals surface area contributed by atoms with Crippen molar-refractivity contribution < 1.29 is 4.79 Å². The number of nitrogens with zero attached hydrogens (tertiary/aromatic N) is 1. The summed E-state index contributed by atoms with van der Waals surface area (Å²) in [4.78, 5) is 16.9. The fourth-order valence-electron chi connectivity index (χ4n) is 3.83. The Bertz CT molecular complexity index is 885. The first-order chi connectivity index (χ1) is 13.2. The Morgan fingerprint density at radius 3 is 2.44 bits per heavy atom. The second-order valence-corrected chi connectivity index (χ2v) is 7.43. The molecule has 0 N–H and O–H groups in total. The van der Waals surface area contributed by atoms with Crippen molar-refractivity contribution in [3.05, 3.63) is 66.2 Å². The molecule has 2 aromatic carbocycles. The highest BCUT2D eigenvalue weighted by molar-refractivity contribution is 5.86. The van der Waals surface area contributed by atoms with Gasteiger partial charge < -0.3 is 4.79 Å². The molecule has 1 aromatic heterocycles. The molecule has 27 heavy (non-hydrogen) atoms. The smallest absolute Gasteiger partial charge is 0.130 e. The second kappa shape index (κ2) is 9.45. The monoisotopic (exact) mass is 359 g/mol. The molecule has 0 amide bonds. The predicted octanol–water partition coefficient (Wildman–Crippen LogP) is 6.93. The van der Waals surface area contributed by atoms with Gasteiger partial charge in [0.15, 0.2) is 0 Å². The number of unbranched alkanes of at least 4 members (excludes halogenated alkanes) is 3. The molecule has 1 atom stereocenters. The third-order valence-electron chi connectivity index (χ3n) is 5.20. The maximum atomic E-state index is 12.0. The van der Waals surface area contributed by atoms with Crippen LogP contribution in [0.5, 0.6) is 0 Å². The third kappa shape index (κ3) is 5.03.